The number of anilines is 1. The Labute approximate surface area is 184 Å². The molecule has 2 fully saturated rings. The Kier molecular flexibility index (Phi) is 6.44. The molecule has 8 heteroatoms. The standard InChI is InChI=1S/C23H24ClF3N2O2/c24-18-4-3-5-21(15-18)31-22(30)16-12-17(23(25,26)27)14-20(13-16)29-10-6-19(7-11-29)28-8-1-2-9-28/h3-5,12-15,19H,1-2,6-11H2. The van der Waals surface area contributed by atoms with Gasteiger partial charge in [-0.3, -0.25) is 0 Å². The first kappa shape index (κ1) is 22.0. The fourth-order valence-corrected chi connectivity index (χ4v) is 4.55. The Morgan fingerprint density at radius 1 is 1.00 bits per heavy atom. The molecular weight excluding hydrogens is 429 g/mol. The van der Waals surface area contributed by atoms with Crippen LogP contribution in [-0.4, -0.2) is 43.1 Å². The fourth-order valence-electron chi connectivity index (χ4n) is 4.37. The van der Waals surface area contributed by atoms with Crippen LogP contribution < -0.4 is 9.64 Å². The zero-order valence-corrected chi connectivity index (χ0v) is 17.8. The molecular formula is C23H24ClF3N2O2. The maximum atomic E-state index is 13.5. The van der Waals surface area contributed by atoms with Crippen molar-refractivity contribution in [2.45, 2.75) is 37.9 Å². The van der Waals surface area contributed by atoms with Gasteiger partial charge in [-0.2, -0.15) is 13.2 Å². The maximum Gasteiger partial charge on any atom is 0.416 e. The average molecular weight is 453 g/mol. The Balaban J connectivity index is 1.54. The Morgan fingerprint density at radius 2 is 1.71 bits per heavy atom. The summed E-state index contributed by atoms with van der Waals surface area (Å²) in [7, 11) is 0. The zero-order chi connectivity index (χ0) is 22.0. The van der Waals surface area contributed by atoms with Gasteiger partial charge in [0.25, 0.3) is 0 Å². The van der Waals surface area contributed by atoms with Crippen LogP contribution in [0.2, 0.25) is 5.02 Å². The van der Waals surface area contributed by atoms with Crippen molar-refractivity contribution in [3.8, 4) is 5.75 Å². The minimum Gasteiger partial charge on any atom is -0.423 e. The monoisotopic (exact) mass is 452 g/mol. The number of halogens is 4. The third kappa shape index (κ3) is 5.33. The highest BCUT2D eigenvalue weighted by Gasteiger charge is 2.33. The molecule has 0 aliphatic carbocycles. The van der Waals surface area contributed by atoms with Crippen LogP contribution >= 0.6 is 11.6 Å². The third-order valence-electron chi connectivity index (χ3n) is 5.97. The average Bonchev–Trinajstić information content (AvgIpc) is 3.28. The number of nitrogens with zero attached hydrogens (tertiary/aromatic N) is 2. The predicted molar refractivity (Wildman–Crippen MR) is 114 cm³/mol. The molecule has 4 rings (SSSR count). The van der Waals surface area contributed by atoms with E-state index in [1.54, 1.807) is 12.1 Å². The van der Waals surface area contributed by atoms with Crippen molar-refractivity contribution in [1.29, 1.82) is 0 Å². The molecule has 4 nitrogen and oxygen atoms in total. The molecule has 2 aliphatic heterocycles. The number of piperidine rings is 1. The minimum absolute atomic E-state index is 0.133. The minimum atomic E-state index is -4.56. The summed E-state index contributed by atoms with van der Waals surface area (Å²) >= 11 is 5.89. The van der Waals surface area contributed by atoms with Crippen molar-refractivity contribution in [2.75, 3.05) is 31.1 Å². The van der Waals surface area contributed by atoms with Crippen LogP contribution in [0.3, 0.4) is 0 Å². The molecule has 2 aromatic carbocycles. The van der Waals surface area contributed by atoms with Crippen LogP contribution in [0, 0.1) is 0 Å². The molecule has 2 saturated heterocycles. The predicted octanol–water partition coefficient (Wildman–Crippen LogP) is 5.64. The summed E-state index contributed by atoms with van der Waals surface area (Å²) in [6, 6.07) is 10.1. The lowest BCUT2D eigenvalue weighted by molar-refractivity contribution is -0.137. The number of benzene rings is 2. The van der Waals surface area contributed by atoms with Crippen LogP contribution in [0.1, 0.15) is 41.6 Å². The lowest BCUT2D eigenvalue weighted by Crippen LogP contribution is -2.44. The number of hydrogen-bond donors (Lipinski definition) is 0. The van der Waals surface area contributed by atoms with Crippen molar-refractivity contribution in [1.82, 2.24) is 4.90 Å². The third-order valence-corrected chi connectivity index (χ3v) is 6.21. The van der Waals surface area contributed by atoms with E-state index < -0.39 is 17.7 Å². The zero-order valence-electron chi connectivity index (χ0n) is 17.0. The van der Waals surface area contributed by atoms with E-state index in [2.05, 4.69) is 4.90 Å². The first-order chi connectivity index (χ1) is 14.8. The number of alkyl halides is 3. The molecule has 2 aromatic rings. The molecule has 166 valence electrons. The summed E-state index contributed by atoms with van der Waals surface area (Å²) in [5.74, 6) is -0.663. The largest absolute Gasteiger partial charge is 0.423 e. The van der Waals surface area contributed by atoms with Crippen molar-refractivity contribution >= 4 is 23.3 Å². The van der Waals surface area contributed by atoms with E-state index in [9.17, 15) is 18.0 Å². The number of rotatable bonds is 4. The highest BCUT2D eigenvalue weighted by molar-refractivity contribution is 6.30. The summed E-state index contributed by atoms with van der Waals surface area (Å²) in [5.41, 5.74) is -0.594. The quantitative estimate of drug-likeness (QED) is 0.444. The molecule has 0 amide bonds. The number of likely N-dealkylation sites (tertiary alicyclic amines) is 1. The van der Waals surface area contributed by atoms with E-state index in [1.807, 2.05) is 4.90 Å². The van der Waals surface area contributed by atoms with Gasteiger partial charge in [-0.15, -0.1) is 0 Å². The summed E-state index contributed by atoms with van der Waals surface area (Å²) < 4.78 is 45.8. The number of hydrogen-bond acceptors (Lipinski definition) is 4. The topological polar surface area (TPSA) is 32.8 Å². The van der Waals surface area contributed by atoms with Gasteiger partial charge in [0, 0.05) is 29.8 Å². The van der Waals surface area contributed by atoms with Crippen molar-refractivity contribution in [3.63, 3.8) is 0 Å². The van der Waals surface area contributed by atoms with Gasteiger partial charge in [0.15, 0.2) is 0 Å². The van der Waals surface area contributed by atoms with E-state index in [-0.39, 0.29) is 11.3 Å². The molecule has 0 spiro atoms. The Bertz CT molecular complexity index is 937. The molecule has 0 radical (unpaired) electrons. The van der Waals surface area contributed by atoms with Gasteiger partial charge < -0.3 is 14.5 Å². The van der Waals surface area contributed by atoms with Crippen LogP contribution in [-0.2, 0) is 6.18 Å². The van der Waals surface area contributed by atoms with Crippen LogP contribution in [0.4, 0.5) is 18.9 Å². The summed E-state index contributed by atoms with van der Waals surface area (Å²) in [4.78, 5) is 17.0. The molecule has 0 N–H and O–H groups in total. The molecule has 0 unspecified atom stereocenters. The van der Waals surface area contributed by atoms with Gasteiger partial charge in [-0.05, 0) is 75.2 Å². The first-order valence-corrected chi connectivity index (χ1v) is 10.9. The molecule has 0 atom stereocenters. The van der Waals surface area contributed by atoms with Crippen molar-refractivity contribution in [2.24, 2.45) is 0 Å². The van der Waals surface area contributed by atoms with Crippen molar-refractivity contribution < 1.29 is 22.7 Å². The lowest BCUT2D eigenvalue weighted by atomic mass is 10.0. The summed E-state index contributed by atoms with van der Waals surface area (Å²) in [5, 5.41) is 0.371. The van der Waals surface area contributed by atoms with Gasteiger partial charge in [0.2, 0.25) is 0 Å². The Morgan fingerprint density at radius 3 is 2.35 bits per heavy atom. The molecule has 2 aliphatic rings. The fraction of sp³-hybridized carbons (Fsp3) is 0.435. The Hall–Kier alpha value is -2.25. The van der Waals surface area contributed by atoms with Crippen LogP contribution in [0.15, 0.2) is 42.5 Å². The van der Waals surface area contributed by atoms with Gasteiger partial charge in [-0.25, -0.2) is 4.79 Å². The van der Waals surface area contributed by atoms with E-state index in [0.29, 0.717) is 29.8 Å². The molecule has 0 bridgehead atoms. The lowest BCUT2D eigenvalue weighted by Gasteiger charge is -2.38. The summed E-state index contributed by atoms with van der Waals surface area (Å²) in [6.07, 6.45) is -0.329. The molecule has 2 heterocycles. The number of ether oxygens (including phenoxy) is 1. The van der Waals surface area contributed by atoms with E-state index >= 15 is 0 Å². The molecule has 0 saturated carbocycles. The second-order valence-corrected chi connectivity index (χ2v) is 8.51. The normalized spacial score (nSPS) is 18.4. The SMILES string of the molecule is O=C(Oc1cccc(Cl)c1)c1cc(N2CCC(N3CCCC3)CC2)cc(C(F)(F)F)c1. The first-order valence-electron chi connectivity index (χ1n) is 10.5. The number of esters is 1. The summed E-state index contributed by atoms with van der Waals surface area (Å²) in [6.45, 7) is 3.53. The van der Waals surface area contributed by atoms with Gasteiger partial charge in [0.05, 0.1) is 11.1 Å². The maximum absolute atomic E-state index is 13.5. The number of carbonyl (C=O) groups is 1. The van der Waals surface area contributed by atoms with Gasteiger partial charge >= 0.3 is 12.1 Å². The van der Waals surface area contributed by atoms with Gasteiger partial charge in [-0.1, -0.05) is 17.7 Å². The smallest absolute Gasteiger partial charge is 0.416 e. The molecule has 0 aromatic heterocycles. The highest BCUT2D eigenvalue weighted by Crippen LogP contribution is 2.34. The van der Waals surface area contributed by atoms with Crippen LogP contribution in [0.25, 0.3) is 0 Å². The second-order valence-electron chi connectivity index (χ2n) is 8.07. The van der Waals surface area contributed by atoms with E-state index in [0.717, 1.165) is 38.1 Å². The van der Waals surface area contributed by atoms with E-state index in [4.69, 9.17) is 16.3 Å². The van der Waals surface area contributed by atoms with E-state index in [1.165, 1.54) is 31.0 Å². The molecule has 31 heavy (non-hydrogen) atoms. The van der Waals surface area contributed by atoms with Gasteiger partial charge in [0.1, 0.15) is 5.75 Å². The van der Waals surface area contributed by atoms with Crippen LogP contribution in [0.5, 0.6) is 5.75 Å². The number of carbonyl (C=O) groups excluding carboxylic acids is 1. The second kappa shape index (κ2) is 9.09. The van der Waals surface area contributed by atoms with Crippen molar-refractivity contribution in [3.05, 3.63) is 58.6 Å². The highest BCUT2D eigenvalue weighted by atomic mass is 35.5.